The molecule has 0 amide bonds. The standard InChI is InChI=1S/C19H30O5Si/c1-7-21-17(20)15-9-11-16(12-10-15)25(22-8-2)23-18(3,4)13-14-19(5,6)24-25/h9-12H,7-8,13-14H2,1-6H3. The summed E-state index contributed by atoms with van der Waals surface area (Å²) < 4.78 is 24.1. The lowest BCUT2D eigenvalue weighted by molar-refractivity contribution is -0.0116. The third kappa shape index (κ3) is 4.91. The molecule has 140 valence electrons. The van der Waals surface area contributed by atoms with Gasteiger partial charge < -0.3 is 18.0 Å². The zero-order valence-electron chi connectivity index (χ0n) is 16.2. The van der Waals surface area contributed by atoms with Crippen molar-refractivity contribution in [3.63, 3.8) is 0 Å². The quantitative estimate of drug-likeness (QED) is 0.590. The molecule has 6 heteroatoms. The third-order valence-electron chi connectivity index (χ3n) is 4.23. The smallest absolute Gasteiger partial charge is 0.462 e. The van der Waals surface area contributed by atoms with E-state index in [2.05, 4.69) is 27.7 Å². The van der Waals surface area contributed by atoms with Crippen molar-refractivity contribution in [1.29, 1.82) is 0 Å². The van der Waals surface area contributed by atoms with E-state index in [9.17, 15) is 4.79 Å². The predicted octanol–water partition coefficient (Wildman–Crippen LogP) is 3.43. The molecule has 1 aliphatic rings. The van der Waals surface area contributed by atoms with Crippen molar-refractivity contribution >= 4 is 20.0 Å². The van der Waals surface area contributed by atoms with Crippen molar-refractivity contribution in [1.82, 2.24) is 0 Å². The molecule has 5 nitrogen and oxygen atoms in total. The summed E-state index contributed by atoms with van der Waals surface area (Å²) in [5.41, 5.74) is -0.164. The van der Waals surface area contributed by atoms with E-state index in [0.29, 0.717) is 18.8 Å². The molecule has 0 N–H and O–H groups in total. The zero-order chi connectivity index (χ0) is 18.7. The van der Waals surface area contributed by atoms with Gasteiger partial charge in [0.25, 0.3) is 0 Å². The Kier molecular flexibility index (Phi) is 6.09. The van der Waals surface area contributed by atoms with Crippen molar-refractivity contribution in [3.8, 4) is 0 Å². The minimum atomic E-state index is -3.11. The minimum absolute atomic E-state index is 0.329. The Labute approximate surface area is 152 Å². The van der Waals surface area contributed by atoms with E-state index in [1.54, 1.807) is 19.1 Å². The fourth-order valence-electron chi connectivity index (χ4n) is 2.93. The Morgan fingerprint density at radius 2 is 1.52 bits per heavy atom. The Hall–Kier alpha value is -1.21. The second-order valence-corrected chi connectivity index (χ2v) is 9.90. The van der Waals surface area contributed by atoms with E-state index in [1.807, 2.05) is 19.1 Å². The monoisotopic (exact) mass is 366 g/mol. The van der Waals surface area contributed by atoms with Crippen LogP contribution in [0.4, 0.5) is 0 Å². The van der Waals surface area contributed by atoms with Crippen molar-refractivity contribution in [3.05, 3.63) is 29.8 Å². The molecular weight excluding hydrogens is 336 g/mol. The Balaban J connectivity index is 2.42. The highest BCUT2D eigenvalue weighted by Crippen LogP contribution is 2.35. The van der Waals surface area contributed by atoms with Crippen LogP contribution < -0.4 is 5.19 Å². The number of ether oxygens (including phenoxy) is 1. The Bertz CT molecular complexity index is 576. The maximum absolute atomic E-state index is 11.9. The number of esters is 1. The maximum atomic E-state index is 11.9. The van der Waals surface area contributed by atoms with Gasteiger partial charge in [0, 0.05) is 11.8 Å². The summed E-state index contributed by atoms with van der Waals surface area (Å²) in [6.07, 6.45) is 1.78. The highest BCUT2D eigenvalue weighted by Gasteiger charge is 2.53. The van der Waals surface area contributed by atoms with E-state index in [0.717, 1.165) is 18.0 Å². The van der Waals surface area contributed by atoms with Gasteiger partial charge in [0.05, 0.1) is 23.4 Å². The van der Waals surface area contributed by atoms with E-state index in [-0.39, 0.29) is 17.2 Å². The molecule has 25 heavy (non-hydrogen) atoms. The molecule has 1 aromatic carbocycles. The van der Waals surface area contributed by atoms with Crippen LogP contribution >= 0.6 is 0 Å². The zero-order valence-corrected chi connectivity index (χ0v) is 17.2. The van der Waals surface area contributed by atoms with Gasteiger partial charge in [-0.05, 0) is 66.5 Å². The molecule has 1 aliphatic heterocycles. The minimum Gasteiger partial charge on any atom is -0.462 e. The number of benzene rings is 1. The summed E-state index contributed by atoms with van der Waals surface area (Å²) in [4.78, 5) is 11.9. The molecule has 1 heterocycles. The van der Waals surface area contributed by atoms with E-state index < -0.39 is 8.80 Å². The summed E-state index contributed by atoms with van der Waals surface area (Å²) in [6, 6.07) is 7.23. The summed E-state index contributed by atoms with van der Waals surface area (Å²) >= 11 is 0. The van der Waals surface area contributed by atoms with Crippen molar-refractivity contribution in [2.45, 2.75) is 65.6 Å². The second-order valence-electron chi connectivity index (χ2n) is 7.51. The predicted molar refractivity (Wildman–Crippen MR) is 99.0 cm³/mol. The lowest BCUT2D eigenvalue weighted by Gasteiger charge is -2.37. The molecule has 0 bridgehead atoms. The van der Waals surface area contributed by atoms with Crippen LogP contribution in [0.5, 0.6) is 0 Å². The van der Waals surface area contributed by atoms with Crippen molar-refractivity contribution in [2.75, 3.05) is 13.2 Å². The molecular formula is C19H30O5Si. The van der Waals surface area contributed by atoms with Gasteiger partial charge in [-0.25, -0.2) is 4.79 Å². The van der Waals surface area contributed by atoms with Crippen LogP contribution in [0.15, 0.2) is 24.3 Å². The summed E-state index contributed by atoms with van der Waals surface area (Å²) in [5.74, 6) is -0.329. The summed E-state index contributed by atoms with van der Waals surface area (Å²) in [6.45, 7) is 12.9. The Morgan fingerprint density at radius 1 is 1.00 bits per heavy atom. The Morgan fingerprint density at radius 3 is 1.96 bits per heavy atom. The number of carbonyl (C=O) groups is 1. The molecule has 0 spiro atoms. The number of hydrogen-bond donors (Lipinski definition) is 0. The van der Waals surface area contributed by atoms with Gasteiger partial charge in [0.2, 0.25) is 0 Å². The average molecular weight is 367 g/mol. The van der Waals surface area contributed by atoms with Gasteiger partial charge in [-0.2, -0.15) is 0 Å². The molecule has 0 aromatic heterocycles. The SMILES string of the molecule is CCOC(=O)c1ccc([Si]2(OCC)OC(C)(C)CCC(C)(C)O2)cc1. The van der Waals surface area contributed by atoms with Crippen molar-refractivity contribution in [2.24, 2.45) is 0 Å². The van der Waals surface area contributed by atoms with Crippen LogP contribution in [-0.4, -0.2) is 39.2 Å². The van der Waals surface area contributed by atoms with Crippen LogP contribution in [0.1, 0.15) is 64.7 Å². The summed E-state index contributed by atoms with van der Waals surface area (Å²) in [5, 5.41) is 0.866. The van der Waals surface area contributed by atoms with E-state index in [4.69, 9.17) is 18.0 Å². The fourth-order valence-corrected chi connectivity index (χ4v) is 6.10. The van der Waals surface area contributed by atoms with Crippen LogP contribution in [0.25, 0.3) is 0 Å². The first-order chi connectivity index (χ1) is 11.6. The van der Waals surface area contributed by atoms with Gasteiger partial charge in [0.1, 0.15) is 0 Å². The topological polar surface area (TPSA) is 54.0 Å². The molecule has 0 unspecified atom stereocenters. The fraction of sp³-hybridized carbons (Fsp3) is 0.632. The first-order valence-corrected chi connectivity index (χ1v) is 10.7. The number of carbonyl (C=O) groups excluding carboxylic acids is 1. The lowest BCUT2D eigenvalue weighted by atomic mass is 9.94. The first kappa shape index (κ1) is 20.1. The molecule has 1 aromatic rings. The van der Waals surface area contributed by atoms with E-state index >= 15 is 0 Å². The highest BCUT2D eigenvalue weighted by atomic mass is 28.4. The maximum Gasteiger partial charge on any atom is 0.538 e. The molecule has 1 fully saturated rings. The van der Waals surface area contributed by atoms with Crippen LogP contribution in [0.2, 0.25) is 0 Å². The molecule has 1 saturated heterocycles. The van der Waals surface area contributed by atoms with Crippen LogP contribution in [-0.2, 0) is 18.0 Å². The summed E-state index contributed by atoms with van der Waals surface area (Å²) in [7, 11) is -3.11. The molecule has 0 aliphatic carbocycles. The van der Waals surface area contributed by atoms with E-state index in [1.165, 1.54) is 0 Å². The third-order valence-corrected chi connectivity index (χ3v) is 7.59. The lowest BCUT2D eigenvalue weighted by Crippen LogP contribution is -2.61. The highest BCUT2D eigenvalue weighted by molar-refractivity contribution is 6.75. The normalized spacial score (nSPS) is 21.4. The molecule has 0 saturated carbocycles. The van der Waals surface area contributed by atoms with Gasteiger partial charge in [-0.3, -0.25) is 0 Å². The first-order valence-electron chi connectivity index (χ1n) is 8.95. The van der Waals surface area contributed by atoms with Gasteiger partial charge in [0.15, 0.2) is 0 Å². The van der Waals surface area contributed by atoms with Gasteiger partial charge in [-0.1, -0.05) is 12.1 Å². The molecule has 2 rings (SSSR count). The van der Waals surface area contributed by atoms with Crippen LogP contribution in [0, 0.1) is 0 Å². The van der Waals surface area contributed by atoms with Crippen LogP contribution in [0.3, 0.4) is 0 Å². The number of rotatable bonds is 5. The largest absolute Gasteiger partial charge is 0.538 e. The molecule has 0 radical (unpaired) electrons. The van der Waals surface area contributed by atoms with Gasteiger partial charge >= 0.3 is 14.8 Å². The average Bonchev–Trinajstić information content (AvgIpc) is 2.62. The van der Waals surface area contributed by atoms with Gasteiger partial charge in [-0.15, -0.1) is 0 Å². The second kappa shape index (κ2) is 7.58. The van der Waals surface area contributed by atoms with Crippen molar-refractivity contribution < 1.29 is 22.8 Å². The number of hydrogen-bond acceptors (Lipinski definition) is 5. The molecule has 0 atom stereocenters.